The first-order valence-electron chi connectivity index (χ1n) is 7.90. The topological polar surface area (TPSA) is 129 Å². The molecule has 120 valence electrons. The maximum absolute atomic E-state index is 11.3. The third-order valence-corrected chi connectivity index (χ3v) is 2.58. The lowest BCUT2D eigenvalue weighted by atomic mass is 9.98. The van der Waals surface area contributed by atoms with Crippen LogP contribution >= 0.6 is 0 Å². The first-order chi connectivity index (χ1) is 11.3. The van der Waals surface area contributed by atoms with Gasteiger partial charge < -0.3 is 29.2 Å². The van der Waals surface area contributed by atoms with E-state index >= 15 is 0 Å². The van der Waals surface area contributed by atoms with Gasteiger partial charge in [-0.05, 0) is 0 Å². The van der Waals surface area contributed by atoms with Gasteiger partial charge in [0.2, 0.25) is 0 Å². The molecule has 1 unspecified atom stereocenters. The van der Waals surface area contributed by atoms with Crippen molar-refractivity contribution in [2.45, 2.75) is 51.4 Å². The van der Waals surface area contributed by atoms with Gasteiger partial charge >= 0.3 is 17.9 Å². The summed E-state index contributed by atoms with van der Waals surface area (Å²) in [7, 11) is 0. The van der Waals surface area contributed by atoms with E-state index in [9.17, 15) is 24.6 Å². The molecule has 0 aliphatic carbocycles. The van der Waals surface area contributed by atoms with Gasteiger partial charge in [0.15, 0.2) is 18.5 Å². The van der Waals surface area contributed by atoms with E-state index in [-0.39, 0.29) is 0 Å². The number of hydrogen-bond donors (Lipinski definition) is 2. The second-order valence-corrected chi connectivity index (χ2v) is 4.15. The summed E-state index contributed by atoms with van der Waals surface area (Å²) >= 11 is 0. The van der Waals surface area contributed by atoms with Gasteiger partial charge in [-0.3, -0.25) is 14.4 Å². The number of aliphatic hydroxyl groups excluding tert-OH is 2. The van der Waals surface area contributed by atoms with E-state index in [0.29, 0.717) is 0 Å². The van der Waals surface area contributed by atoms with Gasteiger partial charge in [-0.25, -0.2) is 0 Å². The second-order valence-electron chi connectivity index (χ2n) is 4.15. The van der Waals surface area contributed by atoms with E-state index in [2.05, 4.69) is 4.74 Å². The molecule has 21 heavy (non-hydrogen) atoms. The summed E-state index contributed by atoms with van der Waals surface area (Å²) in [4.78, 5) is 33.6. The predicted octanol–water partition coefficient (Wildman–Crippen LogP) is -1.51. The minimum atomic E-state index is -1.83. The summed E-state index contributed by atoms with van der Waals surface area (Å²) in [6, 6.07) is 0. The highest BCUT2D eigenvalue weighted by Crippen LogP contribution is 2.25. The van der Waals surface area contributed by atoms with Crippen LogP contribution in [-0.2, 0) is 33.3 Å². The SMILES string of the molecule is [2H]CC(=O)OC[C@H]1OC(O)[C@H](OC(=O)C[2H])[C@@H](OC(=O)C[2H])[C@@H]1O. The van der Waals surface area contributed by atoms with E-state index in [1.807, 2.05) is 0 Å². The fraction of sp³-hybridized carbons (Fsp3) is 0.750. The van der Waals surface area contributed by atoms with Gasteiger partial charge in [0.25, 0.3) is 0 Å². The number of hydrogen-bond acceptors (Lipinski definition) is 9. The Morgan fingerprint density at radius 2 is 1.62 bits per heavy atom. The van der Waals surface area contributed by atoms with Gasteiger partial charge in [-0.2, -0.15) is 0 Å². The van der Waals surface area contributed by atoms with E-state index in [1.165, 1.54) is 0 Å². The van der Waals surface area contributed by atoms with E-state index in [0.717, 1.165) is 0 Å². The normalized spacial score (nSPS) is 34.0. The van der Waals surface area contributed by atoms with Gasteiger partial charge in [0, 0.05) is 24.8 Å². The number of ether oxygens (including phenoxy) is 4. The molecule has 0 bridgehead atoms. The molecule has 1 rings (SSSR count). The van der Waals surface area contributed by atoms with Gasteiger partial charge in [0.1, 0.15) is 18.8 Å². The van der Waals surface area contributed by atoms with Crippen LogP contribution in [-0.4, -0.2) is 65.4 Å². The summed E-state index contributed by atoms with van der Waals surface area (Å²) < 4.78 is 39.8. The molecule has 0 aromatic rings. The maximum Gasteiger partial charge on any atom is 0.303 e. The summed E-state index contributed by atoms with van der Waals surface area (Å²) in [6.07, 6.45) is -7.98. The Labute approximate surface area is 124 Å². The summed E-state index contributed by atoms with van der Waals surface area (Å²) in [5, 5.41) is 20.1. The molecule has 1 heterocycles. The van der Waals surface area contributed by atoms with Crippen molar-refractivity contribution in [3.05, 3.63) is 0 Å². The van der Waals surface area contributed by atoms with Crippen molar-refractivity contribution in [2.24, 2.45) is 0 Å². The van der Waals surface area contributed by atoms with Crippen LogP contribution < -0.4 is 0 Å². The molecule has 1 saturated heterocycles. The highest BCUT2D eigenvalue weighted by Gasteiger charge is 2.49. The molecule has 1 aliphatic heterocycles. The average molecular weight is 309 g/mol. The monoisotopic (exact) mass is 309 g/mol. The van der Waals surface area contributed by atoms with Crippen LogP contribution in [0.3, 0.4) is 0 Å². The highest BCUT2D eigenvalue weighted by molar-refractivity contribution is 5.67. The Hall–Kier alpha value is -1.71. The Balaban J connectivity index is 2.88. The maximum atomic E-state index is 11.3. The molecule has 5 atom stereocenters. The number of carbonyl (C=O) groups excluding carboxylic acids is 3. The lowest BCUT2D eigenvalue weighted by Crippen LogP contribution is -2.61. The first kappa shape index (κ1) is 13.0. The molecule has 2 N–H and O–H groups in total. The largest absolute Gasteiger partial charge is 0.463 e. The molecular weight excluding hydrogens is 288 g/mol. The fourth-order valence-corrected chi connectivity index (χ4v) is 1.78. The van der Waals surface area contributed by atoms with Crippen LogP contribution in [0.2, 0.25) is 0 Å². The van der Waals surface area contributed by atoms with E-state index in [1.54, 1.807) is 0 Å². The summed E-state index contributed by atoms with van der Waals surface area (Å²) in [6.45, 7) is -2.75. The van der Waals surface area contributed by atoms with Crippen molar-refractivity contribution < 1.29 is 47.7 Å². The molecule has 0 radical (unpaired) electrons. The lowest BCUT2D eigenvalue weighted by molar-refractivity contribution is -0.293. The molecule has 9 heteroatoms. The Bertz CT molecular complexity index is 461. The van der Waals surface area contributed by atoms with Crippen molar-refractivity contribution in [3.63, 3.8) is 0 Å². The summed E-state index contributed by atoms with van der Waals surface area (Å²) in [5.74, 6) is -3.01. The Morgan fingerprint density at radius 1 is 1.05 bits per heavy atom. The van der Waals surface area contributed by atoms with Gasteiger partial charge in [0.05, 0.1) is 0 Å². The molecule has 1 aliphatic rings. The smallest absolute Gasteiger partial charge is 0.303 e. The van der Waals surface area contributed by atoms with Gasteiger partial charge in [-0.1, -0.05) is 0 Å². The molecule has 0 spiro atoms. The lowest BCUT2D eigenvalue weighted by Gasteiger charge is -2.41. The van der Waals surface area contributed by atoms with Crippen LogP contribution in [0.5, 0.6) is 0 Å². The average Bonchev–Trinajstić information content (AvgIpc) is 2.58. The number of aliphatic hydroxyl groups is 2. The third kappa shape index (κ3) is 4.96. The van der Waals surface area contributed by atoms with Gasteiger partial charge in [-0.15, -0.1) is 0 Å². The number of carbonyl (C=O) groups is 3. The zero-order valence-electron chi connectivity index (χ0n) is 14.0. The minimum absolute atomic E-state index is 0.538. The predicted molar refractivity (Wildman–Crippen MR) is 64.6 cm³/mol. The quantitative estimate of drug-likeness (QED) is 0.470. The highest BCUT2D eigenvalue weighted by atomic mass is 16.7. The van der Waals surface area contributed by atoms with Crippen LogP contribution in [0.15, 0.2) is 0 Å². The molecular formula is C12H18O9. The molecule has 0 aromatic carbocycles. The van der Waals surface area contributed by atoms with Crippen molar-refractivity contribution in [2.75, 3.05) is 6.61 Å². The number of rotatable bonds is 4. The van der Waals surface area contributed by atoms with Crippen molar-refractivity contribution >= 4 is 17.9 Å². The molecule has 9 nitrogen and oxygen atoms in total. The first-order valence-corrected chi connectivity index (χ1v) is 5.77. The Morgan fingerprint density at radius 3 is 2.19 bits per heavy atom. The third-order valence-electron chi connectivity index (χ3n) is 2.58. The zero-order valence-corrected chi connectivity index (χ0v) is 11.0. The van der Waals surface area contributed by atoms with Crippen LogP contribution in [0.1, 0.15) is 24.8 Å². The summed E-state index contributed by atoms with van der Waals surface area (Å²) in [5.41, 5.74) is 0. The van der Waals surface area contributed by atoms with Crippen LogP contribution in [0, 0.1) is 0 Å². The molecule has 1 fully saturated rings. The van der Waals surface area contributed by atoms with E-state index in [4.69, 9.17) is 18.3 Å². The fourth-order valence-electron chi connectivity index (χ4n) is 1.78. The Kier molecular flexibility index (Phi) is 4.54. The van der Waals surface area contributed by atoms with Crippen molar-refractivity contribution in [1.82, 2.24) is 0 Å². The molecule has 0 amide bonds. The minimum Gasteiger partial charge on any atom is -0.463 e. The number of esters is 3. The van der Waals surface area contributed by atoms with Crippen molar-refractivity contribution in [1.29, 1.82) is 0 Å². The van der Waals surface area contributed by atoms with Crippen LogP contribution in [0.4, 0.5) is 0 Å². The second kappa shape index (κ2) is 7.34. The van der Waals surface area contributed by atoms with E-state index < -0.39 is 75.9 Å². The zero-order chi connectivity index (χ0) is 18.3. The van der Waals surface area contributed by atoms with Crippen molar-refractivity contribution in [3.8, 4) is 0 Å². The standard InChI is InChI=1S/C12H18O9/c1-5(13)18-4-8-9(16)10(19-6(2)14)11(12(17)21-8)20-7(3)15/h8-12,16-17H,4H2,1-3H3/t8-,9-,10+,11-,12?/m1/s1/i1D,2D,3D. The van der Waals surface area contributed by atoms with Crippen LogP contribution in [0.25, 0.3) is 0 Å². The molecule has 0 aromatic heterocycles. The molecule has 0 saturated carbocycles.